The number of carbonyl (C=O) groups is 1. The minimum atomic E-state index is -0.933. The van der Waals surface area contributed by atoms with Gasteiger partial charge in [-0.1, -0.05) is 30.3 Å². The monoisotopic (exact) mass is 335 g/mol. The predicted octanol–water partition coefficient (Wildman–Crippen LogP) is 0.736. The molecule has 24 heavy (non-hydrogen) atoms. The fourth-order valence-electron chi connectivity index (χ4n) is 3.58. The molecular formula is C18H26FN3O2. The summed E-state index contributed by atoms with van der Waals surface area (Å²) in [5.74, 6) is 0.0434. The fraction of sp³-hybridized carbons (Fsp3) is 0.611. The molecule has 2 saturated heterocycles. The number of nitrogens with zero attached hydrogens (tertiary/aromatic N) is 3. The van der Waals surface area contributed by atoms with Crippen LogP contribution in [-0.2, 0) is 11.3 Å². The van der Waals surface area contributed by atoms with Crippen molar-refractivity contribution < 1.29 is 14.3 Å². The lowest BCUT2D eigenvalue weighted by molar-refractivity contribution is -0.134. The zero-order valence-electron chi connectivity index (χ0n) is 14.0. The Morgan fingerprint density at radius 2 is 1.88 bits per heavy atom. The van der Waals surface area contributed by atoms with E-state index in [0.717, 1.165) is 19.6 Å². The zero-order valence-corrected chi connectivity index (χ0v) is 14.0. The second-order valence-corrected chi connectivity index (χ2v) is 6.74. The summed E-state index contributed by atoms with van der Waals surface area (Å²) in [6, 6.07) is 10.1. The van der Waals surface area contributed by atoms with Gasteiger partial charge in [0.2, 0.25) is 5.91 Å². The van der Waals surface area contributed by atoms with E-state index >= 15 is 0 Å². The van der Waals surface area contributed by atoms with Crippen LogP contribution >= 0.6 is 0 Å². The molecule has 132 valence electrons. The first-order chi connectivity index (χ1) is 11.7. The van der Waals surface area contributed by atoms with Gasteiger partial charge >= 0.3 is 0 Å². The molecule has 0 saturated carbocycles. The van der Waals surface area contributed by atoms with Crippen LogP contribution in [0.3, 0.4) is 0 Å². The number of alkyl halides is 1. The van der Waals surface area contributed by atoms with E-state index in [1.807, 2.05) is 23.1 Å². The Labute approximate surface area is 142 Å². The lowest BCUT2D eigenvalue weighted by Crippen LogP contribution is -2.51. The molecule has 2 atom stereocenters. The van der Waals surface area contributed by atoms with Gasteiger partial charge in [-0.25, -0.2) is 4.39 Å². The van der Waals surface area contributed by atoms with Gasteiger partial charge in [0.1, 0.15) is 6.17 Å². The number of carbonyl (C=O) groups excluding carboxylic acids is 1. The van der Waals surface area contributed by atoms with Crippen LogP contribution in [-0.4, -0.2) is 83.8 Å². The van der Waals surface area contributed by atoms with Gasteiger partial charge in [-0.2, -0.15) is 0 Å². The Bertz CT molecular complexity index is 534. The molecule has 2 heterocycles. The van der Waals surface area contributed by atoms with Crippen LogP contribution in [0.1, 0.15) is 12.0 Å². The lowest BCUT2D eigenvalue weighted by atomic mass is 10.2. The van der Waals surface area contributed by atoms with Crippen molar-refractivity contribution in [3.05, 3.63) is 35.9 Å². The molecule has 2 fully saturated rings. The van der Waals surface area contributed by atoms with E-state index in [-0.39, 0.29) is 31.6 Å². The molecule has 2 aliphatic rings. The summed E-state index contributed by atoms with van der Waals surface area (Å²) in [4.78, 5) is 18.4. The standard InChI is InChI=1S/C18H26FN3O2/c19-16-10-17(14-23)22(12-16)13-18(24)21-8-6-20(7-9-21)11-15-4-2-1-3-5-15/h1-5,16-17,23H,6-14H2/t16-,17-/m0/s1. The molecule has 1 amide bonds. The molecule has 0 radical (unpaired) electrons. The Balaban J connectivity index is 1.45. The number of likely N-dealkylation sites (tertiary alicyclic amines) is 1. The van der Waals surface area contributed by atoms with Crippen molar-refractivity contribution in [3.8, 4) is 0 Å². The number of amides is 1. The third-order valence-electron chi connectivity index (χ3n) is 5.00. The van der Waals surface area contributed by atoms with Gasteiger partial charge in [0.25, 0.3) is 0 Å². The van der Waals surface area contributed by atoms with Gasteiger partial charge in [-0.15, -0.1) is 0 Å². The molecule has 0 unspecified atom stereocenters. The average molecular weight is 335 g/mol. The molecule has 1 N–H and O–H groups in total. The zero-order chi connectivity index (χ0) is 16.9. The van der Waals surface area contributed by atoms with Crippen molar-refractivity contribution in [3.63, 3.8) is 0 Å². The molecule has 6 heteroatoms. The summed E-state index contributed by atoms with van der Waals surface area (Å²) in [7, 11) is 0. The van der Waals surface area contributed by atoms with E-state index in [0.29, 0.717) is 19.5 Å². The van der Waals surface area contributed by atoms with Gasteiger partial charge in [-0.05, 0) is 12.0 Å². The summed E-state index contributed by atoms with van der Waals surface area (Å²) in [6.07, 6.45) is -0.605. The maximum absolute atomic E-state index is 13.5. The Morgan fingerprint density at radius 1 is 1.17 bits per heavy atom. The SMILES string of the molecule is O=C(CN1C[C@@H](F)C[C@H]1CO)N1CCN(Cc2ccccc2)CC1. The van der Waals surface area contributed by atoms with E-state index in [1.54, 1.807) is 4.90 Å². The van der Waals surface area contributed by atoms with Gasteiger partial charge in [0.05, 0.1) is 13.2 Å². The number of halogens is 1. The quantitative estimate of drug-likeness (QED) is 0.862. The third kappa shape index (κ3) is 4.32. The number of hydrogen-bond donors (Lipinski definition) is 1. The highest BCUT2D eigenvalue weighted by molar-refractivity contribution is 5.78. The Morgan fingerprint density at radius 3 is 2.54 bits per heavy atom. The molecule has 5 nitrogen and oxygen atoms in total. The van der Waals surface area contributed by atoms with Crippen LogP contribution in [0.4, 0.5) is 4.39 Å². The number of piperazine rings is 1. The van der Waals surface area contributed by atoms with Crippen LogP contribution in [0.5, 0.6) is 0 Å². The highest BCUT2D eigenvalue weighted by Crippen LogP contribution is 2.20. The lowest BCUT2D eigenvalue weighted by Gasteiger charge is -2.36. The number of benzene rings is 1. The molecule has 1 aromatic carbocycles. The maximum Gasteiger partial charge on any atom is 0.236 e. The number of aliphatic hydroxyl groups is 1. The molecular weight excluding hydrogens is 309 g/mol. The third-order valence-corrected chi connectivity index (χ3v) is 5.00. The molecule has 2 aliphatic heterocycles. The first-order valence-electron chi connectivity index (χ1n) is 8.68. The summed E-state index contributed by atoms with van der Waals surface area (Å²) in [5, 5.41) is 9.31. The van der Waals surface area contributed by atoms with Crippen molar-refractivity contribution in [1.29, 1.82) is 0 Å². The van der Waals surface area contributed by atoms with Gasteiger partial charge < -0.3 is 10.0 Å². The first kappa shape index (κ1) is 17.3. The predicted molar refractivity (Wildman–Crippen MR) is 90.3 cm³/mol. The van der Waals surface area contributed by atoms with E-state index in [9.17, 15) is 14.3 Å². The number of aliphatic hydroxyl groups excluding tert-OH is 1. The van der Waals surface area contributed by atoms with Crippen molar-refractivity contribution >= 4 is 5.91 Å². The second kappa shape index (κ2) is 8.05. The molecule has 0 aromatic heterocycles. The molecule has 3 rings (SSSR count). The van der Waals surface area contributed by atoms with Crippen LogP contribution in [0.2, 0.25) is 0 Å². The van der Waals surface area contributed by atoms with Gasteiger partial charge in [-0.3, -0.25) is 14.6 Å². The smallest absolute Gasteiger partial charge is 0.236 e. The molecule has 0 spiro atoms. The largest absolute Gasteiger partial charge is 0.395 e. The molecule has 0 bridgehead atoms. The minimum absolute atomic E-state index is 0.0434. The van der Waals surface area contributed by atoms with Gasteiger partial charge in [0, 0.05) is 45.3 Å². The van der Waals surface area contributed by atoms with E-state index < -0.39 is 6.17 Å². The van der Waals surface area contributed by atoms with Crippen molar-refractivity contribution in [2.75, 3.05) is 45.9 Å². The average Bonchev–Trinajstić information content (AvgIpc) is 2.96. The van der Waals surface area contributed by atoms with Crippen molar-refractivity contribution in [2.45, 2.75) is 25.2 Å². The summed E-state index contributed by atoms with van der Waals surface area (Å²) < 4.78 is 13.5. The first-order valence-corrected chi connectivity index (χ1v) is 8.68. The fourth-order valence-corrected chi connectivity index (χ4v) is 3.58. The highest BCUT2D eigenvalue weighted by atomic mass is 19.1. The van der Waals surface area contributed by atoms with E-state index in [1.165, 1.54) is 5.56 Å². The Hall–Kier alpha value is -1.50. The van der Waals surface area contributed by atoms with Crippen LogP contribution in [0.25, 0.3) is 0 Å². The van der Waals surface area contributed by atoms with Gasteiger partial charge in [0.15, 0.2) is 0 Å². The summed E-state index contributed by atoms with van der Waals surface area (Å²) in [5.41, 5.74) is 1.29. The summed E-state index contributed by atoms with van der Waals surface area (Å²) in [6.45, 7) is 4.43. The Kier molecular flexibility index (Phi) is 5.81. The van der Waals surface area contributed by atoms with Crippen molar-refractivity contribution in [2.24, 2.45) is 0 Å². The maximum atomic E-state index is 13.5. The highest BCUT2D eigenvalue weighted by Gasteiger charge is 2.34. The topological polar surface area (TPSA) is 47.0 Å². The second-order valence-electron chi connectivity index (χ2n) is 6.74. The van der Waals surface area contributed by atoms with Crippen LogP contribution in [0, 0.1) is 0 Å². The molecule has 1 aromatic rings. The van der Waals surface area contributed by atoms with Crippen LogP contribution < -0.4 is 0 Å². The normalized spacial score (nSPS) is 26.0. The minimum Gasteiger partial charge on any atom is -0.395 e. The number of hydrogen-bond acceptors (Lipinski definition) is 4. The van der Waals surface area contributed by atoms with E-state index in [2.05, 4.69) is 17.0 Å². The summed E-state index contributed by atoms with van der Waals surface area (Å²) >= 11 is 0. The van der Waals surface area contributed by atoms with E-state index in [4.69, 9.17) is 0 Å². The molecule has 0 aliphatic carbocycles. The van der Waals surface area contributed by atoms with Crippen LogP contribution in [0.15, 0.2) is 30.3 Å². The van der Waals surface area contributed by atoms with Crippen molar-refractivity contribution in [1.82, 2.24) is 14.7 Å². The number of rotatable bonds is 5.